The fourth-order valence-electron chi connectivity index (χ4n) is 3.14. The summed E-state index contributed by atoms with van der Waals surface area (Å²) in [6, 6.07) is 2.34. The van der Waals surface area contributed by atoms with Crippen molar-refractivity contribution in [1.29, 1.82) is 0 Å². The second kappa shape index (κ2) is 5.27. The van der Waals surface area contributed by atoms with Crippen molar-refractivity contribution >= 4 is 22.9 Å². The van der Waals surface area contributed by atoms with Gasteiger partial charge in [-0.2, -0.15) is 0 Å². The van der Waals surface area contributed by atoms with E-state index in [-0.39, 0.29) is 5.54 Å². The van der Waals surface area contributed by atoms with Gasteiger partial charge in [-0.25, -0.2) is 0 Å². The zero-order chi connectivity index (χ0) is 12.5. The molecule has 0 aliphatic heterocycles. The molecule has 1 atom stereocenters. The fourth-order valence-corrected chi connectivity index (χ4v) is 4.52. The van der Waals surface area contributed by atoms with Crippen LogP contribution in [0.1, 0.15) is 36.6 Å². The molecular weight excluding hydrogens is 252 g/mol. The Morgan fingerprint density at radius 1 is 1.41 bits per heavy atom. The third kappa shape index (κ3) is 2.26. The first kappa shape index (κ1) is 13.3. The molecule has 17 heavy (non-hydrogen) atoms. The van der Waals surface area contributed by atoms with Gasteiger partial charge in [-0.1, -0.05) is 24.4 Å². The van der Waals surface area contributed by atoms with Crippen molar-refractivity contribution < 1.29 is 0 Å². The first-order valence-corrected chi connectivity index (χ1v) is 7.45. The highest BCUT2D eigenvalue weighted by Gasteiger charge is 2.44. The summed E-state index contributed by atoms with van der Waals surface area (Å²) in [5.74, 6) is 0. The standard InChI is InChI=1S/C13H21ClN2S/c1-15-12(11-10(14)6-9-17-11)13(16(2)3)7-4-5-8-13/h6,9,12,15H,4-5,7-8H2,1-3H3. The minimum atomic E-state index is 0.225. The van der Waals surface area contributed by atoms with Crippen LogP contribution in [0, 0.1) is 0 Å². The number of thiophene rings is 1. The van der Waals surface area contributed by atoms with E-state index in [4.69, 9.17) is 11.6 Å². The molecule has 2 rings (SSSR count). The van der Waals surface area contributed by atoms with E-state index in [1.54, 1.807) is 11.3 Å². The third-order valence-corrected chi connectivity index (χ3v) is 5.52. The maximum atomic E-state index is 6.31. The topological polar surface area (TPSA) is 15.3 Å². The number of nitrogens with zero attached hydrogens (tertiary/aromatic N) is 1. The molecule has 1 aromatic heterocycles. The van der Waals surface area contributed by atoms with Gasteiger partial charge in [0.25, 0.3) is 0 Å². The third-order valence-electron chi connectivity index (χ3n) is 4.09. The van der Waals surface area contributed by atoms with Gasteiger partial charge < -0.3 is 10.2 Å². The summed E-state index contributed by atoms with van der Waals surface area (Å²) in [6.45, 7) is 0. The molecule has 0 aromatic carbocycles. The SMILES string of the molecule is CNC(c1sccc1Cl)C1(N(C)C)CCCC1. The molecule has 2 nitrogen and oxygen atoms in total. The zero-order valence-corrected chi connectivity index (χ0v) is 12.4. The first-order valence-electron chi connectivity index (χ1n) is 6.19. The van der Waals surface area contributed by atoms with Crippen LogP contribution in [-0.2, 0) is 0 Å². The smallest absolute Gasteiger partial charge is 0.0614 e. The van der Waals surface area contributed by atoms with Crippen LogP contribution >= 0.6 is 22.9 Å². The molecule has 1 saturated carbocycles. The lowest BCUT2D eigenvalue weighted by atomic mass is 9.86. The van der Waals surface area contributed by atoms with Gasteiger partial charge in [-0.3, -0.25) is 0 Å². The lowest BCUT2D eigenvalue weighted by Crippen LogP contribution is -2.51. The van der Waals surface area contributed by atoms with E-state index in [1.807, 2.05) is 13.1 Å². The molecule has 1 aliphatic rings. The van der Waals surface area contributed by atoms with Crippen molar-refractivity contribution in [2.24, 2.45) is 0 Å². The average Bonchev–Trinajstić information content (AvgIpc) is 2.91. The van der Waals surface area contributed by atoms with Crippen molar-refractivity contribution in [3.05, 3.63) is 21.3 Å². The van der Waals surface area contributed by atoms with E-state index in [0.717, 1.165) is 5.02 Å². The predicted octanol–water partition coefficient (Wildman–Crippen LogP) is 3.54. The van der Waals surface area contributed by atoms with Gasteiger partial charge in [0.1, 0.15) is 0 Å². The van der Waals surface area contributed by atoms with Crippen molar-refractivity contribution in [3.63, 3.8) is 0 Å². The molecule has 1 heterocycles. The number of hydrogen-bond acceptors (Lipinski definition) is 3. The monoisotopic (exact) mass is 272 g/mol. The second-order valence-electron chi connectivity index (χ2n) is 5.06. The van der Waals surface area contributed by atoms with E-state index in [2.05, 4.69) is 29.7 Å². The number of likely N-dealkylation sites (N-methyl/N-ethyl adjacent to an activating group) is 2. The lowest BCUT2D eigenvalue weighted by molar-refractivity contribution is 0.110. The van der Waals surface area contributed by atoms with Gasteiger partial charge in [0.2, 0.25) is 0 Å². The van der Waals surface area contributed by atoms with Gasteiger partial charge in [-0.05, 0) is 45.4 Å². The molecule has 1 aliphatic carbocycles. The summed E-state index contributed by atoms with van der Waals surface area (Å²) in [4.78, 5) is 3.67. The number of nitrogens with one attached hydrogen (secondary N) is 1. The Kier molecular flexibility index (Phi) is 4.14. The van der Waals surface area contributed by atoms with Crippen LogP contribution in [0.25, 0.3) is 0 Å². The van der Waals surface area contributed by atoms with Gasteiger partial charge in [0.15, 0.2) is 0 Å². The predicted molar refractivity (Wildman–Crippen MR) is 76.0 cm³/mol. The number of hydrogen-bond donors (Lipinski definition) is 1. The van der Waals surface area contributed by atoms with Gasteiger partial charge in [0.05, 0.1) is 11.1 Å². The van der Waals surface area contributed by atoms with Crippen LogP contribution in [0.4, 0.5) is 0 Å². The highest BCUT2D eigenvalue weighted by molar-refractivity contribution is 7.10. The summed E-state index contributed by atoms with van der Waals surface area (Å²) in [6.07, 6.45) is 5.14. The Balaban J connectivity index is 2.37. The fraction of sp³-hybridized carbons (Fsp3) is 0.692. The molecule has 1 N–H and O–H groups in total. The van der Waals surface area contributed by atoms with E-state index >= 15 is 0 Å². The van der Waals surface area contributed by atoms with E-state index in [9.17, 15) is 0 Å². The Morgan fingerprint density at radius 2 is 2.06 bits per heavy atom. The molecule has 1 aromatic rings. The van der Waals surface area contributed by atoms with Gasteiger partial charge in [0, 0.05) is 10.4 Å². The van der Waals surface area contributed by atoms with Gasteiger partial charge >= 0.3 is 0 Å². The molecule has 0 saturated heterocycles. The maximum absolute atomic E-state index is 6.31. The minimum Gasteiger partial charge on any atom is -0.311 e. The van der Waals surface area contributed by atoms with Crippen LogP contribution in [0.3, 0.4) is 0 Å². The average molecular weight is 273 g/mol. The van der Waals surface area contributed by atoms with Gasteiger partial charge in [-0.15, -0.1) is 11.3 Å². The number of halogens is 1. The van der Waals surface area contributed by atoms with Crippen molar-refractivity contribution in [2.75, 3.05) is 21.1 Å². The van der Waals surface area contributed by atoms with E-state index < -0.39 is 0 Å². The Hall–Kier alpha value is -0.0900. The minimum absolute atomic E-state index is 0.225. The van der Waals surface area contributed by atoms with Crippen LogP contribution in [-0.4, -0.2) is 31.6 Å². The molecular formula is C13H21ClN2S. The molecule has 0 spiro atoms. The molecule has 96 valence electrons. The molecule has 0 amide bonds. The van der Waals surface area contributed by atoms with Crippen molar-refractivity contribution in [3.8, 4) is 0 Å². The highest BCUT2D eigenvalue weighted by atomic mass is 35.5. The summed E-state index contributed by atoms with van der Waals surface area (Å²) in [7, 11) is 6.43. The summed E-state index contributed by atoms with van der Waals surface area (Å²) in [5.41, 5.74) is 0.225. The normalized spacial score (nSPS) is 21.0. The largest absolute Gasteiger partial charge is 0.311 e. The lowest BCUT2D eigenvalue weighted by Gasteiger charge is -2.43. The second-order valence-corrected chi connectivity index (χ2v) is 6.41. The summed E-state index contributed by atoms with van der Waals surface area (Å²) >= 11 is 8.07. The first-order chi connectivity index (χ1) is 8.12. The summed E-state index contributed by atoms with van der Waals surface area (Å²) in [5, 5.41) is 6.48. The highest BCUT2D eigenvalue weighted by Crippen LogP contribution is 2.46. The molecule has 0 bridgehead atoms. The Bertz CT molecular complexity index is 369. The van der Waals surface area contributed by atoms with E-state index in [1.165, 1.54) is 30.6 Å². The van der Waals surface area contributed by atoms with Crippen LogP contribution in [0.5, 0.6) is 0 Å². The molecule has 4 heteroatoms. The molecule has 0 radical (unpaired) electrons. The maximum Gasteiger partial charge on any atom is 0.0614 e. The molecule has 1 unspecified atom stereocenters. The quantitative estimate of drug-likeness (QED) is 0.902. The Labute approximate surface area is 113 Å². The van der Waals surface area contributed by atoms with Crippen molar-refractivity contribution in [1.82, 2.24) is 10.2 Å². The van der Waals surface area contributed by atoms with E-state index in [0.29, 0.717) is 6.04 Å². The molecule has 1 fully saturated rings. The van der Waals surface area contributed by atoms with Crippen LogP contribution < -0.4 is 5.32 Å². The summed E-state index contributed by atoms with van der Waals surface area (Å²) < 4.78 is 0. The Morgan fingerprint density at radius 3 is 2.47 bits per heavy atom. The van der Waals surface area contributed by atoms with Crippen LogP contribution in [0.15, 0.2) is 11.4 Å². The number of rotatable bonds is 4. The zero-order valence-electron chi connectivity index (χ0n) is 10.8. The van der Waals surface area contributed by atoms with Crippen LogP contribution in [0.2, 0.25) is 5.02 Å². The van der Waals surface area contributed by atoms with Crippen molar-refractivity contribution in [2.45, 2.75) is 37.3 Å².